The number of allylic oxidation sites excluding steroid dienone is 1. The van der Waals surface area contributed by atoms with Crippen LogP contribution in [0.3, 0.4) is 0 Å². The third-order valence-electron chi connectivity index (χ3n) is 6.64. The normalized spacial score (nSPS) is 12.5. The second-order valence-corrected chi connectivity index (χ2v) is 10.6. The lowest BCUT2D eigenvalue weighted by atomic mass is 9.77. The van der Waals surface area contributed by atoms with E-state index in [0.29, 0.717) is 16.9 Å². The SMILES string of the molecule is CC(C)(C)OC(=O)Nc1cnc2[nH]cc(C(C=NC(c3ccccc3)(c3ccccc3)c3ccccc3)=CN)c2c1. The first kappa shape index (κ1) is 27.4. The molecule has 5 rings (SSSR count). The molecule has 0 atom stereocenters. The minimum Gasteiger partial charge on any atom is -0.444 e. The van der Waals surface area contributed by atoms with Crippen molar-refractivity contribution in [3.8, 4) is 0 Å². The number of nitrogens with one attached hydrogen (secondary N) is 2. The topological polar surface area (TPSA) is 105 Å². The zero-order chi connectivity index (χ0) is 28.9. The average molecular weight is 544 g/mol. The van der Waals surface area contributed by atoms with Crippen molar-refractivity contribution in [1.29, 1.82) is 0 Å². The van der Waals surface area contributed by atoms with Crippen LogP contribution in [0.4, 0.5) is 10.5 Å². The number of rotatable bonds is 7. The second-order valence-electron chi connectivity index (χ2n) is 10.6. The molecule has 0 fully saturated rings. The Balaban J connectivity index is 1.60. The Kier molecular flexibility index (Phi) is 7.70. The predicted octanol–water partition coefficient (Wildman–Crippen LogP) is 7.27. The number of aliphatic imine (C=N–C) groups is 1. The number of H-pyrrole nitrogens is 1. The average Bonchev–Trinajstić information content (AvgIpc) is 3.39. The van der Waals surface area contributed by atoms with E-state index in [2.05, 4.69) is 51.7 Å². The molecule has 0 saturated carbocycles. The number of nitrogens with zero attached hydrogens (tertiary/aromatic N) is 2. The zero-order valence-electron chi connectivity index (χ0n) is 23.3. The fourth-order valence-corrected chi connectivity index (χ4v) is 4.86. The van der Waals surface area contributed by atoms with Gasteiger partial charge in [-0.2, -0.15) is 0 Å². The first-order valence-electron chi connectivity index (χ1n) is 13.4. The molecule has 0 aliphatic heterocycles. The van der Waals surface area contributed by atoms with E-state index in [9.17, 15) is 4.79 Å². The number of nitrogens with two attached hydrogens (primary N) is 1. The van der Waals surface area contributed by atoms with Gasteiger partial charge in [-0.1, -0.05) is 91.0 Å². The molecule has 7 nitrogen and oxygen atoms in total. The molecule has 0 spiro atoms. The summed E-state index contributed by atoms with van der Waals surface area (Å²) in [5.41, 5.74) is 10.5. The summed E-state index contributed by atoms with van der Waals surface area (Å²) in [4.78, 5) is 25.4. The monoisotopic (exact) mass is 543 g/mol. The van der Waals surface area contributed by atoms with Crippen molar-refractivity contribution in [3.63, 3.8) is 0 Å². The van der Waals surface area contributed by atoms with Gasteiger partial charge in [0.15, 0.2) is 0 Å². The van der Waals surface area contributed by atoms with Crippen LogP contribution in [0, 0.1) is 0 Å². The minimum atomic E-state index is -0.828. The Morgan fingerprint density at radius 3 is 1.93 bits per heavy atom. The van der Waals surface area contributed by atoms with Crippen LogP contribution in [0.15, 0.2) is 121 Å². The molecule has 41 heavy (non-hydrogen) atoms. The third kappa shape index (κ3) is 5.89. The van der Waals surface area contributed by atoms with Gasteiger partial charge >= 0.3 is 6.09 Å². The van der Waals surface area contributed by atoms with Crippen molar-refractivity contribution < 1.29 is 9.53 Å². The van der Waals surface area contributed by atoms with Crippen LogP contribution in [0.2, 0.25) is 0 Å². The Labute approximate surface area is 239 Å². The number of benzene rings is 3. The Hall–Kier alpha value is -5.17. The number of aromatic nitrogens is 2. The molecule has 1 amide bonds. The molecule has 0 bridgehead atoms. The number of aromatic amines is 1. The molecule has 5 aromatic rings. The molecule has 7 heteroatoms. The molecule has 0 unspecified atom stereocenters. The highest BCUT2D eigenvalue weighted by Crippen LogP contribution is 2.41. The van der Waals surface area contributed by atoms with Crippen molar-refractivity contribution in [1.82, 2.24) is 9.97 Å². The van der Waals surface area contributed by atoms with Crippen LogP contribution in [-0.4, -0.2) is 27.9 Å². The van der Waals surface area contributed by atoms with Gasteiger partial charge in [0.05, 0.1) is 11.9 Å². The minimum absolute atomic E-state index is 0.508. The molecule has 2 heterocycles. The van der Waals surface area contributed by atoms with Crippen LogP contribution in [0.25, 0.3) is 16.6 Å². The molecular formula is C34H33N5O2. The van der Waals surface area contributed by atoms with E-state index >= 15 is 0 Å². The van der Waals surface area contributed by atoms with Crippen molar-refractivity contribution in [2.75, 3.05) is 5.32 Å². The number of hydrogen-bond donors (Lipinski definition) is 3. The number of carbonyl (C=O) groups excluding carboxylic acids is 1. The number of hydrogen-bond acceptors (Lipinski definition) is 5. The predicted molar refractivity (Wildman–Crippen MR) is 166 cm³/mol. The van der Waals surface area contributed by atoms with Crippen LogP contribution in [-0.2, 0) is 10.3 Å². The lowest BCUT2D eigenvalue weighted by Gasteiger charge is -2.32. The number of carbonyl (C=O) groups is 1. The van der Waals surface area contributed by atoms with Crippen molar-refractivity contribution in [3.05, 3.63) is 138 Å². The number of anilines is 1. The standard InChI is InChI=1S/C34H33N5O2/c1-33(2,3)41-32(40)39-28-19-29-30(23-37-31(29)36-22-28)24(20-35)21-38-34(25-13-7-4-8-14-25,26-15-9-5-10-16-26)27-17-11-6-12-18-27/h4-23H,35H2,1-3H3,(H,36,37)(H,39,40). The van der Waals surface area contributed by atoms with Crippen molar-refractivity contribution in [2.45, 2.75) is 31.9 Å². The van der Waals surface area contributed by atoms with Gasteiger partial charge in [0.1, 0.15) is 16.8 Å². The summed E-state index contributed by atoms with van der Waals surface area (Å²) in [5.74, 6) is 0. The quantitative estimate of drug-likeness (QED) is 0.148. The lowest BCUT2D eigenvalue weighted by Crippen LogP contribution is -2.27. The van der Waals surface area contributed by atoms with Crippen LogP contribution >= 0.6 is 0 Å². The van der Waals surface area contributed by atoms with Crippen molar-refractivity contribution >= 4 is 34.6 Å². The van der Waals surface area contributed by atoms with Gasteiger partial charge in [-0.15, -0.1) is 0 Å². The molecule has 4 N–H and O–H groups in total. The highest BCUT2D eigenvalue weighted by molar-refractivity contribution is 6.15. The highest BCUT2D eigenvalue weighted by Gasteiger charge is 2.35. The summed E-state index contributed by atoms with van der Waals surface area (Å²) in [6.45, 7) is 5.45. The molecule has 3 aromatic carbocycles. The zero-order valence-corrected chi connectivity index (χ0v) is 23.3. The summed E-state index contributed by atoms with van der Waals surface area (Å²) in [6, 6.07) is 32.5. The van der Waals surface area contributed by atoms with Crippen molar-refractivity contribution in [2.24, 2.45) is 10.7 Å². The van der Waals surface area contributed by atoms with E-state index < -0.39 is 17.2 Å². The number of ether oxygens (including phenoxy) is 1. The largest absolute Gasteiger partial charge is 0.444 e. The van der Waals surface area contributed by atoms with Crippen LogP contribution in [0.5, 0.6) is 0 Å². The number of amides is 1. The van der Waals surface area contributed by atoms with E-state index in [-0.39, 0.29) is 0 Å². The van der Waals surface area contributed by atoms with E-state index in [1.54, 1.807) is 6.20 Å². The fraction of sp³-hybridized carbons (Fsp3) is 0.147. The van der Waals surface area contributed by atoms with Crippen LogP contribution in [0.1, 0.15) is 43.0 Å². The highest BCUT2D eigenvalue weighted by atomic mass is 16.6. The summed E-state index contributed by atoms with van der Waals surface area (Å²) < 4.78 is 5.40. The fourth-order valence-electron chi connectivity index (χ4n) is 4.86. The summed E-state index contributed by atoms with van der Waals surface area (Å²) in [6.07, 6.45) is 6.22. The molecule has 206 valence electrons. The van der Waals surface area contributed by atoms with Gasteiger partial charge in [0.2, 0.25) is 0 Å². The summed E-state index contributed by atoms with van der Waals surface area (Å²) >= 11 is 0. The van der Waals surface area contributed by atoms with Gasteiger partial charge in [-0.05, 0) is 43.5 Å². The van der Waals surface area contributed by atoms with E-state index in [0.717, 1.165) is 27.6 Å². The number of fused-ring (bicyclic) bond motifs is 1. The summed E-state index contributed by atoms with van der Waals surface area (Å²) in [5, 5.41) is 3.55. The van der Waals surface area contributed by atoms with E-state index in [1.165, 1.54) is 6.20 Å². The lowest BCUT2D eigenvalue weighted by molar-refractivity contribution is 0.0636. The maximum Gasteiger partial charge on any atom is 0.412 e. The smallest absolute Gasteiger partial charge is 0.412 e. The van der Waals surface area contributed by atoms with E-state index in [1.807, 2.05) is 93.8 Å². The first-order chi connectivity index (χ1) is 19.8. The van der Waals surface area contributed by atoms with Crippen LogP contribution < -0.4 is 11.1 Å². The summed E-state index contributed by atoms with van der Waals surface area (Å²) in [7, 11) is 0. The van der Waals surface area contributed by atoms with Gasteiger partial charge in [0.25, 0.3) is 0 Å². The van der Waals surface area contributed by atoms with Gasteiger partial charge < -0.3 is 15.5 Å². The Bertz CT molecular complexity index is 1590. The maximum atomic E-state index is 12.4. The first-order valence-corrected chi connectivity index (χ1v) is 13.4. The molecule has 2 aromatic heterocycles. The third-order valence-corrected chi connectivity index (χ3v) is 6.64. The molecule has 0 radical (unpaired) electrons. The molecular weight excluding hydrogens is 510 g/mol. The van der Waals surface area contributed by atoms with Gasteiger partial charge in [0, 0.05) is 35.1 Å². The molecule has 0 saturated heterocycles. The van der Waals surface area contributed by atoms with E-state index in [4.69, 9.17) is 15.5 Å². The molecule has 0 aliphatic rings. The van der Waals surface area contributed by atoms with Gasteiger partial charge in [-0.3, -0.25) is 10.3 Å². The Morgan fingerprint density at radius 1 is 0.902 bits per heavy atom. The second kappa shape index (κ2) is 11.5. The maximum absolute atomic E-state index is 12.4. The number of pyridine rings is 1. The van der Waals surface area contributed by atoms with Gasteiger partial charge in [-0.25, -0.2) is 9.78 Å². The Morgan fingerprint density at radius 2 is 1.44 bits per heavy atom. The molecule has 0 aliphatic carbocycles.